The molecule has 0 bridgehead atoms. The van der Waals surface area contributed by atoms with E-state index in [1.807, 2.05) is 7.05 Å². The molecule has 1 fully saturated rings. The van der Waals surface area contributed by atoms with Crippen LogP contribution < -0.4 is 4.74 Å². The average molecular weight is 492 g/mol. The van der Waals surface area contributed by atoms with Crippen molar-refractivity contribution in [2.24, 2.45) is 5.92 Å². The number of hydrogen-bond acceptors (Lipinski definition) is 4. The molecule has 35 heavy (non-hydrogen) atoms. The summed E-state index contributed by atoms with van der Waals surface area (Å²) in [4.78, 5) is 29.0. The van der Waals surface area contributed by atoms with Gasteiger partial charge in [-0.2, -0.15) is 13.2 Å². The van der Waals surface area contributed by atoms with E-state index >= 15 is 0 Å². The predicted molar refractivity (Wildman–Crippen MR) is 126 cm³/mol. The van der Waals surface area contributed by atoms with E-state index in [9.17, 15) is 22.8 Å². The van der Waals surface area contributed by atoms with Gasteiger partial charge >= 0.3 is 6.18 Å². The summed E-state index contributed by atoms with van der Waals surface area (Å²) >= 11 is 0. The number of likely N-dealkylation sites (N-methyl/N-ethyl adjacent to an activating group) is 1. The number of piperidine rings is 1. The highest BCUT2D eigenvalue weighted by Gasteiger charge is 2.47. The highest BCUT2D eigenvalue weighted by atomic mass is 19.4. The number of fused-ring (bicyclic) bond motifs is 2. The van der Waals surface area contributed by atoms with Crippen LogP contribution in [0.15, 0.2) is 36.4 Å². The minimum Gasteiger partial charge on any atom is -0.494 e. The van der Waals surface area contributed by atoms with Crippen LogP contribution in [-0.2, 0) is 12.1 Å². The van der Waals surface area contributed by atoms with Crippen molar-refractivity contribution >= 4 is 11.7 Å². The maximum absolute atomic E-state index is 13.1. The van der Waals surface area contributed by atoms with Crippen LogP contribution in [0.4, 0.5) is 13.2 Å². The van der Waals surface area contributed by atoms with Gasteiger partial charge in [-0.3, -0.25) is 14.5 Å². The molecule has 1 aromatic carbocycles. The summed E-state index contributed by atoms with van der Waals surface area (Å²) in [7, 11) is 1.96. The lowest BCUT2D eigenvalue weighted by Gasteiger charge is -2.50. The second-order valence-corrected chi connectivity index (χ2v) is 9.88. The van der Waals surface area contributed by atoms with Gasteiger partial charge in [-0.15, -0.1) is 0 Å². The third-order valence-corrected chi connectivity index (χ3v) is 7.28. The maximum atomic E-state index is 13.1. The van der Waals surface area contributed by atoms with E-state index < -0.39 is 17.5 Å². The Kier molecular flexibility index (Phi) is 6.99. The molecule has 1 amide bonds. The number of amides is 1. The first-order chi connectivity index (χ1) is 16.5. The number of halogens is 3. The fourth-order valence-electron chi connectivity index (χ4n) is 5.12. The third-order valence-electron chi connectivity index (χ3n) is 7.28. The third kappa shape index (κ3) is 4.96. The summed E-state index contributed by atoms with van der Waals surface area (Å²) in [5, 5.41) is 0. The molecule has 190 valence electrons. The number of carbonyl (C=O) groups is 2. The molecule has 0 atom stereocenters. The van der Waals surface area contributed by atoms with Gasteiger partial charge in [-0.1, -0.05) is 13.8 Å². The summed E-state index contributed by atoms with van der Waals surface area (Å²) in [6.45, 7) is 6.71. The number of nitrogens with zero attached hydrogens (tertiary/aromatic N) is 3. The molecule has 0 N–H and O–H groups in total. The smallest absolute Gasteiger partial charge is 0.456 e. The van der Waals surface area contributed by atoms with Gasteiger partial charge in [0.15, 0.2) is 0 Å². The lowest BCUT2D eigenvalue weighted by molar-refractivity contribution is -0.0892. The second kappa shape index (κ2) is 9.68. The van der Waals surface area contributed by atoms with Gasteiger partial charge in [-0.05, 0) is 68.6 Å². The molecule has 2 aromatic rings. The average Bonchev–Trinajstić information content (AvgIpc) is 3.26. The van der Waals surface area contributed by atoms with Crippen molar-refractivity contribution in [3.05, 3.63) is 53.3 Å². The predicted octanol–water partition coefficient (Wildman–Crippen LogP) is 4.73. The van der Waals surface area contributed by atoms with Crippen LogP contribution in [0.5, 0.6) is 5.75 Å². The number of aromatic nitrogens is 1. The van der Waals surface area contributed by atoms with E-state index in [0.717, 1.165) is 12.2 Å². The first-order valence-corrected chi connectivity index (χ1v) is 12.1. The van der Waals surface area contributed by atoms with Gasteiger partial charge in [0, 0.05) is 37.4 Å². The molecule has 0 unspecified atom stereocenters. The largest absolute Gasteiger partial charge is 0.494 e. The molecule has 1 spiro atoms. The summed E-state index contributed by atoms with van der Waals surface area (Å²) in [6.07, 6.45) is -2.79. The van der Waals surface area contributed by atoms with Crippen LogP contribution in [0, 0.1) is 5.92 Å². The molecule has 9 heteroatoms. The Bertz CT molecular complexity index is 1070. The summed E-state index contributed by atoms with van der Waals surface area (Å²) in [6, 6.07) is 10.1. The molecule has 2 aliphatic heterocycles. The van der Waals surface area contributed by atoms with Crippen LogP contribution in [0.2, 0.25) is 0 Å². The van der Waals surface area contributed by atoms with E-state index in [-0.39, 0.29) is 11.6 Å². The lowest BCUT2D eigenvalue weighted by atomic mass is 9.81. The van der Waals surface area contributed by atoms with Gasteiger partial charge in [0.1, 0.15) is 5.75 Å². The van der Waals surface area contributed by atoms with Crippen LogP contribution >= 0.6 is 0 Å². The minimum absolute atomic E-state index is 0.0737. The molecule has 0 saturated carbocycles. The van der Waals surface area contributed by atoms with E-state index in [1.165, 1.54) is 10.6 Å². The monoisotopic (exact) mass is 491 g/mol. The number of hydrogen-bond donors (Lipinski definition) is 0. The first kappa shape index (κ1) is 25.3. The van der Waals surface area contributed by atoms with Crippen molar-refractivity contribution < 1.29 is 27.5 Å². The van der Waals surface area contributed by atoms with E-state index in [1.54, 1.807) is 35.2 Å². The molecule has 1 aromatic heterocycles. The van der Waals surface area contributed by atoms with Crippen molar-refractivity contribution in [3.8, 4) is 5.75 Å². The minimum atomic E-state index is -4.91. The van der Waals surface area contributed by atoms with Crippen molar-refractivity contribution in [2.75, 3.05) is 33.3 Å². The molecule has 3 heterocycles. The van der Waals surface area contributed by atoms with E-state index in [0.29, 0.717) is 62.8 Å². The second-order valence-electron chi connectivity index (χ2n) is 9.88. The maximum Gasteiger partial charge on any atom is 0.456 e. The van der Waals surface area contributed by atoms with Crippen LogP contribution in [0.25, 0.3) is 0 Å². The molecule has 6 nitrogen and oxygen atoms in total. The normalized spacial score (nSPS) is 18.1. The molecule has 4 rings (SSSR count). The Hall–Kier alpha value is -2.81. The standard InChI is InChI=1S/C26H32F3N3O3/c1-18(2)10-17-35-20-6-4-19(5-7-20)24(34)31-13-11-25(12-14-31)22-9-8-21(23(33)26(27,28)29)32(22)16-15-30(25)3/h4-9,18H,10-17H2,1-3H3. The molecule has 1 saturated heterocycles. The number of alkyl halides is 3. The Morgan fingerprint density at radius 3 is 2.26 bits per heavy atom. The number of ketones is 1. The number of Topliss-reactive ketones (excluding diaryl/α,β-unsaturated/α-hetero) is 1. The van der Waals surface area contributed by atoms with Gasteiger partial charge in [0.05, 0.1) is 17.8 Å². The Morgan fingerprint density at radius 2 is 1.66 bits per heavy atom. The lowest BCUT2D eigenvalue weighted by Crippen LogP contribution is -2.56. The highest BCUT2D eigenvalue weighted by Crippen LogP contribution is 2.42. The number of carbonyl (C=O) groups excluding carboxylic acids is 2. The van der Waals surface area contributed by atoms with Crippen LogP contribution in [-0.4, -0.2) is 65.5 Å². The molecule has 2 aliphatic rings. The highest BCUT2D eigenvalue weighted by molar-refractivity contribution is 5.99. The topological polar surface area (TPSA) is 54.8 Å². The Balaban J connectivity index is 1.45. The van der Waals surface area contributed by atoms with Crippen molar-refractivity contribution in [1.29, 1.82) is 0 Å². The number of benzene rings is 1. The zero-order valence-corrected chi connectivity index (χ0v) is 20.4. The van der Waals surface area contributed by atoms with Gasteiger partial charge in [0.2, 0.25) is 0 Å². The van der Waals surface area contributed by atoms with Crippen molar-refractivity contribution in [1.82, 2.24) is 14.4 Å². The Labute approximate surface area is 203 Å². The van der Waals surface area contributed by atoms with Crippen LogP contribution in [0.1, 0.15) is 59.7 Å². The van der Waals surface area contributed by atoms with Crippen molar-refractivity contribution in [2.45, 2.75) is 51.4 Å². The van der Waals surface area contributed by atoms with E-state index in [2.05, 4.69) is 18.7 Å². The Morgan fingerprint density at radius 1 is 1.00 bits per heavy atom. The summed E-state index contributed by atoms with van der Waals surface area (Å²) in [5.74, 6) is -0.599. The zero-order chi connectivity index (χ0) is 25.4. The molecular formula is C26H32F3N3O3. The summed E-state index contributed by atoms with van der Waals surface area (Å²) < 4.78 is 46.5. The van der Waals surface area contributed by atoms with Gasteiger partial charge in [-0.25, -0.2) is 0 Å². The number of likely N-dealkylation sites (tertiary alicyclic amines) is 1. The van der Waals surface area contributed by atoms with Crippen molar-refractivity contribution in [3.63, 3.8) is 0 Å². The molecular weight excluding hydrogens is 459 g/mol. The number of rotatable bonds is 6. The zero-order valence-electron chi connectivity index (χ0n) is 20.4. The van der Waals surface area contributed by atoms with Crippen LogP contribution in [0.3, 0.4) is 0 Å². The number of ether oxygens (including phenoxy) is 1. The summed E-state index contributed by atoms with van der Waals surface area (Å²) in [5.41, 5.74) is 0.478. The van der Waals surface area contributed by atoms with E-state index in [4.69, 9.17) is 4.74 Å². The molecule has 0 radical (unpaired) electrons. The molecule has 0 aliphatic carbocycles. The fraction of sp³-hybridized carbons (Fsp3) is 0.538. The SMILES string of the molecule is CC(C)CCOc1ccc(C(=O)N2CCC3(CC2)c2ccc(C(=O)C(F)(F)F)n2CCN3C)cc1. The van der Waals surface area contributed by atoms with Gasteiger partial charge < -0.3 is 14.2 Å². The quantitative estimate of drug-likeness (QED) is 0.548. The van der Waals surface area contributed by atoms with Gasteiger partial charge in [0.25, 0.3) is 11.7 Å². The first-order valence-electron chi connectivity index (χ1n) is 12.1. The fourth-order valence-corrected chi connectivity index (χ4v) is 5.12.